The molecule has 0 aliphatic rings. The third kappa shape index (κ3) is 8.14. The molecule has 0 aromatic carbocycles. The van der Waals surface area contributed by atoms with E-state index in [2.05, 4.69) is 6.92 Å². The Balaban J connectivity index is 2.77. The monoisotopic (exact) mass is 162 g/mol. The summed E-state index contributed by atoms with van der Waals surface area (Å²) in [6.45, 7) is 7.12. The highest BCUT2D eigenvalue weighted by molar-refractivity contribution is 6.18. The van der Waals surface area contributed by atoms with Crippen molar-refractivity contribution in [1.29, 1.82) is 0 Å². The van der Waals surface area contributed by atoms with E-state index in [4.69, 9.17) is 8.85 Å². The van der Waals surface area contributed by atoms with Gasteiger partial charge in [-0.05, 0) is 20.3 Å². The van der Waals surface area contributed by atoms with Crippen LogP contribution in [0, 0.1) is 0 Å². The van der Waals surface area contributed by atoms with Crippen LogP contribution in [0.3, 0.4) is 0 Å². The van der Waals surface area contributed by atoms with Crippen molar-refractivity contribution in [2.75, 3.05) is 6.61 Å². The van der Waals surface area contributed by atoms with Crippen molar-refractivity contribution in [3.63, 3.8) is 0 Å². The lowest BCUT2D eigenvalue weighted by atomic mass is 10.4. The minimum atomic E-state index is -0.656. The predicted molar refractivity (Wildman–Crippen MR) is 45.6 cm³/mol. The zero-order chi connectivity index (χ0) is 7.82. The number of hydrogen-bond donors (Lipinski definition) is 0. The summed E-state index contributed by atoms with van der Waals surface area (Å²) >= 11 is 0. The molecule has 0 aliphatic heterocycles. The molecule has 0 atom stereocenters. The number of hydrogen-bond acceptors (Lipinski definition) is 2. The van der Waals surface area contributed by atoms with Crippen LogP contribution in [0.2, 0.25) is 0 Å². The normalized spacial score (nSPS) is 12.0. The van der Waals surface area contributed by atoms with E-state index < -0.39 is 10.0 Å². The zero-order valence-electron chi connectivity index (χ0n) is 7.22. The Morgan fingerprint density at radius 2 is 2.10 bits per heavy atom. The van der Waals surface area contributed by atoms with Crippen molar-refractivity contribution in [3.8, 4) is 0 Å². The third-order valence-corrected chi connectivity index (χ3v) is 2.39. The van der Waals surface area contributed by atoms with E-state index in [0.29, 0.717) is 6.10 Å². The fourth-order valence-corrected chi connectivity index (χ4v) is 1.18. The van der Waals surface area contributed by atoms with Crippen LogP contribution in [-0.2, 0) is 8.85 Å². The van der Waals surface area contributed by atoms with Gasteiger partial charge in [0.15, 0.2) is 0 Å². The first-order chi connectivity index (χ1) is 4.77. The van der Waals surface area contributed by atoms with E-state index >= 15 is 0 Å². The molecule has 3 heteroatoms. The number of rotatable bonds is 6. The second-order valence-corrected chi connectivity index (χ2v) is 3.57. The van der Waals surface area contributed by atoms with Crippen molar-refractivity contribution in [2.24, 2.45) is 0 Å². The highest BCUT2D eigenvalue weighted by Crippen LogP contribution is 1.89. The van der Waals surface area contributed by atoms with Crippen LogP contribution < -0.4 is 0 Å². The molecule has 0 rings (SSSR count). The smallest absolute Gasteiger partial charge is 0.304 e. The molecule has 0 N–H and O–H groups in total. The fourth-order valence-electron chi connectivity index (χ4n) is 0.490. The zero-order valence-corrected chi connectivity index (χ0v) is 8.64. The van der Waals surface area contributed by atoms with Gasteiger partial charge in [0.25, 0.3) is 0 Å². The Hall–Kier alpha value is 0.137. The van der Waals surface area contributed by atoms with E-state index in [1.165, 1.54) is 6.42 Å². The van der Waals surface area contributed by atoms with Gasteiger partial charge < -0.3 is 8.85 Å². The molecule has 0 aromatic rings. The molecule has 0 heterocycles. The Morgan fingerprint density at radius 1 is 1.40 bits per heavy atom. The molecular formula is C7H18O2Si. The molecule has 2 nitrogen and oxygen atoms in total. The van der Waals surface area contributed by atoms with Gasteiger partial charge in [-0.15, -0.1) is 0 Å². The van der Waals surface area contributed by atoms with Gasteiger partial charge >= 0.3 is 10.0 Å². The van der Waals surface area contributed by atoms with E-state index in [0.717, 1.165) is 13.0 Å². The lowest BCUT2D eigenvalue weighted by Crippen LogP contribution is -2.11. The first kappa shape index (κ1) is 10.1. The molecule has 62 valence electrons. The number of unbranched alkanes of at least 4 members (excludes halogenated alkanes) is 1. The lowest BCUT2D eigenvalue weighted by molar-refractivity contribution is 0.178. The summed E-state index contributed by atoms with van der Waals surface area (Å²) in [6.07, 6.45) is 2.71. The molecule has 0 unspecified atom stereocenters. The van der Waals surface area contributed by atoms with Gasteiger partial charge in [-0.2, -0.15) is 0 Å². The van der Waals surface area contributed by atoms with E-state index in [-0.39, 0.29) is 0 Å². The van der Waals surface area contributed by atoms with Crippen molar-refractivity contribution in [3.05, 3.63) is 0 Å². The summed E-state index contributed by atoms with van der Waals surface area (Å²) in [7, 11) is -0.656. The summed E-state index contributed by atoms with van der Waals surface area (Å²) in [5.74, 6) is 0. The van der Waals surface area contributed by atoms with Gasteiger partial charge in [-0.3, -0.25) is 0 Å². The molecule has 0 aliphatic carbocycles. The maximum atomic E-state index is 5.31. The standard InChI is InChI=1S/C7H18O2Si/c1-4-5-6-8-10-9-7(2)3/h7H,4-6,10H2,1-3H3. The van der Waals surface area contributed by atoms with Crippen LogP contribution in [0.5, 0.6) is 0 Å². The highest BCUT2D eigenvalue weighted by atomic mass is 28.3. The first-order valence-corrected chi connectivity index (χ1v) is 5.12. The van der Waals surface area contributed by atoms with Gasteiger partial charge in [-0.25, -0.2) is 0 Å². The lowest BCUT2D eigenvalue weighted by Gasteiger charge is -2.06. The molecule has 0 aromatic heterocycles. The molecule has 0 radical (unpaired) electrons. The quantitative estimate of drug-likeness (QED) is 0.432. The van der Waals surface area contributed by atoms with E-state index in [9.17, 15) is 0 Å². The van der Waals surface area contributed by atoms with E-state index in [1.54, 1.807) is 0 Å². The van der Waals surface area contributed by atoms with Gasteiger partial charge in [0, 0.05) is 12.7 Å². The molecule has 0 spiro atoms. The van der Waals surface area contributed by atoms with Crippen molar-refractivity contribution in [2.45, 2.75) is 39.7 Å². The SMILES string of the molecule is CCCCO[SiH2]OC(C)C. The largest absolute Gasteiger partial charge is 0.399 e. The minimum Gasteiger partial charge on any atom is -0.399 e. The summed E-state index contributed by atoms with van der Waals surface area (Å²) in [5.41, 5.74) is 0. The maximum Gasteiger partial charge on any atom is 0.304 e. The second-order valence-electron chi connectivity index (χ2n) is 2.60. The predicted octanol–water partition coefficient (Wildman–Crippen LogP) is 1.23. The Bertz CT molecular complexity index is 66.6. The summed E-state index contributed by atoms with van der Waals surface area (Å²) in [4.78, 5) is 0. The van der Waals surface area contributed by atoms with Crippen molar-refractivity contribution in [1.82, 2.24) is 0 Å². The maximum absolute atomic E-state index is 5.31. The van der Waals surface area contributed by atoms with Crippen LogP contribution in [-0.4, -0.2) is 22.7 Å². The molecule has 10 heavy (non-hydrogen) atoms. The summed E-state index contributed by atoms with van der Waals surface area (Å²) in [5, 5.41) is 0. The Labute approximate surface area is 66.0 Å². The van der Waals surface area contributed by atoms with Crippen LogP contribution in [0.1, 0.15) is 33.6 Å². The van der Waals surface area contributed by atoms with Crippen LogP contribution in [0.15, 0.2) is 0 Å². The van der Waals surface area contributed by atoms with Gasteiger partial charge in [-0.1, -0.05) is 13.3 Å². The first-order valence-electron chi connectivity index (χ1n) is 3.96. The van der Waals surface area contributed by atoms with Gasteiger partial charge in [0.05, 0.1) is 0 Å². The highest BCUT2D eigenvalue weighted by Gasteiger charge is 1.92. The van der Waals surface area contributed by atoms with Crippen LogP contribution in [0.4, 0.5) is 0 Å². The Kier molecular flexibility index (Phi) is 7.35. The van der Waals surface area contributed by atoms with Crippen LogP contribution in [0.25, 0.3) is 0 Å². The minimum absolute atomic E-state index is 0.341. The second kappa shape index (κ2) is 7.25. The fraction of sp³-hybridized carbons (Fsp3) is 1.00. The molecule has 0 saturated carbocycles. The Morgan fingerprint density at radius 3 is 2.60 bits per heavy atom. The average molecular weight is 162 g/mol. The van der Waals surface area contributed by atoms with Crippen LogP contribution >= 0.6 is 0 Å². The third-order valence-electron chi connectivity index (χ3n) is 1.13. The van der Waals surface area contributed by atoms with Crippen molar-refractivity contribution < 1.29 is 8.85 Å². The molecule has 0 bridgehead atoms. The van der Waals surface area contributed by atoms with Gasteiger partial charge in [0.1, 0.15) is 0 Å². The van der Waals surface area contributed by atoms with E-state index in [1.807, 2.05) is 13.8 Å². The van der Waals surface area contributed by atoms with Gasteiger partial charge in [0.2, 0.25) is 0 Å². The molecular weight excluding hydrogens is 144 g/mol. The summed E-state index contributed by atoms with van der Waals surface area (Å²) < 4.78 is 10.6. The molecule has 0 fully saturated rings. The van der Waals surface area contributed by atoms with Crippen molar-refractivity contribution >= 4 is 10.0 Å². The molecule has 0 amide bonds. The molecule has 0 saturated heterocycles. The average Bonchev–Trinajstić information content (AvgIpc) is 1.87. The summed E-state index contributed by atoms with van der Waals surface area (Å²) in [6, 6.07) is 0. The topological polar surface area (TPSA) is 18.5 Å².